The summed E-state index contributed by atoms with van der Waals surface area (Å²) in [6.45, 7) is 3.57. The van der Waals surface area contributed by atoms with Crippen molar-refractivity contribution >= 4 is 0 Å². The summed E-state index contributed by atoms with van der Waals surface area (Å²) in [6, 6.07) is 6.49. The average Bonchev–Trinajstić information content (AvgIpc) is 2.17. The summed E-state index contributed by atoms with van der Waals surface area (Å²) < 4.78 is 25.8. The Morgan fingerprint density at radius 2 is 1.80 bits per heavy atom. The zero-order chi connectivity index (χ0) is 11.5. The molecule has 0 saturated heterocycles. The number of hydrogen-bond donors (Lipinski definition) is 1. The van der Waals surface area contributed by atoms with Crippen LogP contribution >= 0.6 is 0 Å². The summed E-state index contributed by atoms with van der Waals surface area (Å²) in [4.78, 5) is 0. The van der Waals surface area contributed by atoms with Gasteiger partial charge in [-0.15, -0.1) is 0 Å². The number of halogens is 2. The molecule has 0 heterocycles. The van der Waals surface area contributed by atoms with Gasteiger partial charge in [0.1, 0.15) is 0 Å². The predicted octanol–water partition coefficient (Wildman–Crippen LogP) is 3.25. The quantitative estimate of drug-likeness (QED) is 0.816. The lowest BCUT2D eigenvalue weighted by Crippen LogP contribution is -2.08. The van der Waals surface area contributed by atoms with Crippen LogP contribution in [0.1, 0.15) is 37.3 Å². The molecule has 0 aliphatic carbocycles. The number of alkyl halides is 2. The van der Waals surface area contributed by atoms with Crippen LogP contribution < -0.4 is 5.73 Å². The van der Waals surface area contributed by atoms with Crippen LogP contribution in [0.25, 0.3) is 0 Å². The molecule has 2 N–H and O–H groups in total. The minimum Gasteiger partial charge on any atom is -0.330 e. The van der Waals surface area contributed by atoms with Gasteiger partial charge in [-0.05, 0) is 24.4 Å². The van der Waals surface area contributed by atoms with Crippen LogP contribution in [0.2, 0.25) is 0 Å². The summed E-state index contributed by atoms with van der Waals surface area (Å²) in [5.41, 5.74) is 6.57. The lowest BCUT2D eigenvalue weighted by molar-refractivity contribution is 0.0174. The zero-order valence-electron chi connectivity index (χ0n) is 9.13. The highest BCUT2D eigenvalue weighted by Gasteiger charge is 2.23. The summed E-state index contributed by atoms with van der Waals surface area (Å²) >= 11 is 0. The third-order valence-electron chi connectivity index (χ3n) is 2.59. The highest BCUT2D eigenvalue weighted by molar-refractivity contribution is 5.27. The highest BCUT2D eigenvalue weighted by Crippen LogP contribution is 2.28. The Morgan fingerprint density at radius 1 is 1.27 bits per heavy atom. The van der Waals surface area contributed by atoms with Gasteiger partial charge < -0.3 is 5.73 Å². The van der Waals surface area contributed by atoms with Crippen LogP contribution in [-0.4, -0.2) is 6.54 Å². The van der Waals surface area contributed by atoms with Crippen molar-refractivity contribution in [2.45, 2.75) is 32.1 Å². The number of hydrogen-bond acceptors (Lipinski definition) is 1. The topological polar surface area (TPSA) is 26.0 Å². The van der Waals surface area contributed by atoms with Gasteiger partial charge in [-0.25, -0.2) is 8.78 Å². The molecule has 3 heteroatoms. The maximum Gasteiger partial charge on any atom is 0.270 e. The van der Waals surface area contributed by atoms with E-state index in [1.165, 1.54) is 12.1 Å². The first-order valence-corrected chi connectivity index (χ1v) is 5.13. The molecule has 84 valence electrons. The van der Waals surface area contributed by atoms with Crippen molar-refractivity contribution in [2.24, 2.45) is 5.73 Å². The van der Waals surface area contributed by atoms with Crippen molar-refractivity contribution in [2.75, 3.05) is 6.54 Å². The monoisotopic (exact) mass is 213 g/mol. The smallest absolute Gasteiger partial charge is 0.270 e. The van der Waals surface area contributed by atoms with E-state index in [0.717, 1.165) is 18.9 Å². The normalized spacial score (nSPS) is 13.9. The Bertz CT molecular complexity index is 300. The molecule has 0 spiro atoms. The first kappa shape index (κ1) is 12.1. The lowest BCUT2D eigenvalue weighted by atomic mass is 9.96. The van der Waals surface area contributed by atoms with Gasteiger partial charge in [-0.3, -0.25) is 0 Å². The fourth-order valence-electron chi connectivity index (χ4n) is 1.52. The lowest BCUT2D eigenvalue weighted by Gasteiger charge is -2.14. The predicted molar refractivity (Wildman–Crippen MR) is 58.1 cm³/mol. The van der Waals surface area contributed by atoms with E-state index >= 15 is 0 Å². The molecule has 0 amide bonds. The molecule has 0 aliphatic heterocycles. The number of benzene rings is 1. The Kier molecular flexibility index (Phi) is 3.80. The fraction of sp³-hybridized carbons (Fsp3) is 0.500. The summed E-state index contributed by atoms with van der Waals surface area (Å²) in [5, 5.41) is 0. The molecule has 1 unspecified atom stereocenters. The van der Waals surface area contributed by atoms with Crippen molar-refractivity contribution in [3.05, 3.63) is 35.4 Å². The number of rotatable bonds is 4. The maximum atomic E-state index is 12.9. The van der Waals surface area contributed by atoms with Crippen molar-refractivity contribution in [3.63, 3.8) is 0 Å². The first-order valence-electron chi connectivity index (χ1n) is 5.13. The maximum absolute atomic E-state index is 12.9. The summed E-state index contributed by atoms with van der Waals surface area (Å²) in [7, 11) is 0. The molecule has 1 nitrogen and oxygen atoms in total. The molecule has 1 aromatic carbocycles. The van der Waals surface area contributed by atoms with Crippen LogP contribution in [0.5, 0.6) is 0 Å². The van der Waals surface area contributed by atoms with Gasteiger partial charge >= 0.3 is 0 Å². The SMILES string of the molecule is CC(CCN)c1ccc(C(C)(F)F)cc1. The van der Waals surface area contributed by atoms with Gasteiger partial charge in [-0.2, -0.15) is 0 Å². The Hall–Kier alpha value is -0.960. The minimum absolute atomic E-state index is 0.0613. The standard InChI is InChI=1S/C12H17F2N/c1-9(7-8-15)10-3-5-11(6-4-10)12(2,13)14/h3-6,9H,7-8,15H2,1-2H3. The van der Waals surface area contributed by atoms with Crippen LogP contribution in [0, 0.1) is 0 Å². The first-order chi connectivity index (χ1) is 6.95. The largest absolute Gasteiger partial charge is 0.330 e. The zero-order valence-corrected chi connectivity index (χ0v) is 9.13. The average molecular weight is 213 g/mol. The van der Waals surface area contributed by atoms with Crippen molar-refractivity contribution < 1.29 is 8.78 Å². The molecule has 1 aromatic rings. The molecule has 15 heavy (non-hydrogen) atoms. The van der Waals surface area contributed by atoms with Gasteiger partial charge in [0.05, 0.1) is 0 Å². The summed E-state index contributed by atoms with van der Waals surface area (Å²) in [6.07, 6.45) is 0.877. The molecule has 0 aliphatic rings. The third-order valence-corrected chi connectivity index (χ3v) is 2.59. The van der Waals surface area contributed by atoms with E-state index in [1.54, 1.807) is 12.1 Å². The fourth-order valence-corrected chi connectivity index (χ4v) is 1.52. The molecule has 1 atom stereocenters. The third kappa shape index (κ3) is 3.27. The van der Waals surface area contributed by atoms with E-state index in [2.05, 4.69) is 0 Å². The van der Waals surface area contributed by atoms with Crippen molar-refractivity contribution in [3.8, 4) is 0 Å². The number of nitrogens with two attached hydrogens (primary N) is 1. The Morgan fingerprint density at radius 3 is 2.20 bits per heavy atom. The highest BCUT2D eigenvalue weighted by atomic mass is 19.3. The molecule has 1 rings (SSSR count). The van der Waals surface area contributed by atoms with Gasteiger partial charge in [0.2, 0.25) is 0 Å². The van der Waals surface area contributed by atoms with Crippen molar-refractivity contribution in [1.29, 1.82) is 0 Å². The van der Waals surface area contributed by atoms with E-state index in [4.69, 9.17) is 5.73 Å². The van der Waals surface area contributed by atoms with E-state index in [1.807, 2.05) is 6.92 Å². The van der Waals surface area contributed by atoms with Crippen LogP contribution in [0.4, 0.5) is 8.78 Å². The van der Waals surface area contributed by atoms with E-state index in [0.29, 0.717) is 12.5 Å². The second-order valence-electron chi connectivity index (χ2n) is 3.99. The van der Waals surface area contributed by atoms with Crippen LogP contribution in [0.15, 0.2) is 24.3 Å². The molecule has 0 fully saturated rings. The van der Waals surface area contributed by atoms with Gasteiger partial charge in [-0.1, -0.05) is 31.2 Å². The minimum atomic E-state index is -2.75. The molecular weight excluding hydrogens is 196 g/mol. The van der Waals surface area contributed by atoms with E-state index < -0.39 is 5.92 Å². The van der Waals surface area contributed by atoms with E-state index in [-0.39, 0.29) is 5.56 Å². The Labute approximate surface area is 89.3 Å². The summed E-state index contributed by atoms with van der Waals surface area (Å²) in [5.74, 6) is -2.43. The molecular formula is C12H17F2N. The van der Waals surface area contributed by atoms with Crippen LogP contribution in [-0.2, 0) is 5.92 Å². The van der Waals surface area contributed by atoms with Crippen molar-refractivity contribution in [1.82, 2.24) is 0 Å². The molecule has 0 radical (unpaired) electrons. The van der Waals surface area contributed by atoms with Crippen LogP contribution in [0.3, 0.4) is 0 Å². The van der Waals surface area contributed by atoms with Gasteiger partial charge in [0.25, 0.3) is 5.92 Å². The molecule has 0 saturated carbocycles. The van der Waals surface area contributed by atoms with Gasteiger partial charge in [0.15, 0.2) is 0 Å². The second kappa shape index (κ2) is 4.71. The van der Waals surface area contributed by atoms with Gasteiger partial charge in [0, 0.05) is 12.5 Å². The Balaban J connectivity index is 2.81. The second-order valence-corrected chi connectivity index (χ2v) is 3.99. The molecule has 0 aromatic heterocycles. The van der Waals surface area contributed by atoms with E-state index in [9.17, 15) is 8.78 Å². The molecule has 0 bridgehead atoms.